The predicted octanol–water partition coefficient (Wildman–Crippen LogP) is -0.939. The molecule has 0 rings (SSSR count). The third kappa shape index (κ3) is 24.6. The van der Waals surface area contributed by atoms with Crippen LogP contribution in [0.25, 0.3) is 0 Å². The molecule has 0 heterocycles. The van der Waals surface area contributed by atoms with Gasteiger partial charge in [-0.2, -0.15) is 0 Å². The first kappa shape index (κ1) is 22.8. The van der Waals surface area contributed by atoms with Crippen LogP contribution in [0.4, 0.5) is 0 Å². The molecule has 58 valence electrons. The van der Waals surface area contributed by atoms with E-state index >= 15 is 0 Å². The summed E-state index contributed by atoms with van der Waals surface area (Å²) in [5.41, 5.74) is 0. The van der Waals surface area contributed by atoms with Gasteiger partial charge in [-0.1, -0.05) is 0 Å². The van der Waals surface area contributed by atoms with Crippen LogP contribution < -0.4 is 0 Å². The van der Waals surface area contributed by atoms with E-state index < -0.39 is 11.9 Å². The Balaban J connectivity index is -0.0000000817. The van der Waals surface area contributed by atoms with Crippen molar-refractivity contribution >= 4 is 83.5 Å². The fraction of sp³-hybridized carbons (Fsp3) is 0.500. The number of carbonyl (C=O) groups is 2. The molecule has 0 bridgehead atoms. The Morgan fingerprint density at radius 3 is 1.18 bits per heavy atom. The van der Waals surface area contributed by atoms with E-state index in [0.717, 1.165) is 0 Å². The summed E-state index contributed by atoms with van der Waals surface area (Å²) < 4.78 is 0. The first-order valence-electron chi connectivity index (χ1n) is 2.06. The molecule has 0 saturated heterocycles. The van der Waals surface area contributed by atoms with Crippen molar-refractivity contribution in [3.05, 3.63) is 0 Å². The second-order valence-corrected chi connectivity index (χ2v) is 1.29. The quantitative estimate of drug-likeness (QED) is 0.580. The number of carboxylic acids is 2. The summed E-state index contributed by atoms with van der Waals surface area (Å²) in [4.78, 5) is 19.3. The van der Waals surface area contributed by atoms with Crippen molar-refractivity contribution in [2.45, 2.75) is 12.8 Å². The van der Waals surface area contributed by atoms with Crippen LogP contribution in [0, 0.1) is 0 Å². The zero-order valence-corrected chi connectivity index (χ0v) is 5.35. The molecule has 7 heteroatoms. The second-order valence-electron chi connectivity index (χ2n) is 1.29. The monoisotopic (exact) mass is 202 g/mol. The zero-order valence-electron chi connectivity index (χ0n) is 4.53. The predicted molar refractivity (Wildman–Crippen MR) is 46.1 cm³/mol. The molecule has 2 N–H and O–H groups in total. The van der Waals surface area contributed by atoms with Crippen LogP contribution in [0.2, 0.25) is 0 Å². The van der Waals surface area contributed by atoms with Crippen molar-refractivity contribution in [2.24, 2.45) is 0 Å². The normalized spacial score (nSPS) is 6.18. The van der Waals surface area contributed by atoms with Gasteiger partial charge in [0.25, 0.3) is 0 Å². The Kier molecular flexibility index (Phi) is 28.6. The minimum absolute atomic E-state index is 0. The van der Waals surface area contributed by atoms with Crippen LogP contribution in [-0.2, 0) is 9.59 Å². The molecule has 0 aromatic carbocycles. The van der Waals surface area contributed by atoms with Gasteiger partial charge >= 0.3 is 71.1 Å². The summed E-state index contributed by atoms with van der Waals surface area (Å²) in [5, 5.41) is 15.8. The second kappa shape index (κ2) is 13.8. The van der Waals surface area contributed by atoms with Gasteiger partial charge in [-0.25, -0.2) is 0 Å². The number of aliphatic carboxylic acids is 2. The molecule has 0 aromatic heterocycles. The van der Waals surface area contributed by atoms with Crippen molar-refractivity contribution in [1.82, 2.24) is 0 Å². The molecular weight excluding hydrogens is 193 g/mol. The topological polar surface area (TPSA) is 74.6 Å². The van der Waals surface area contributed by atoms with Gasteiger partial charge in [0.15, 0.2) is 0 Å². The molecule has 0 aromatic rings. The molecule has 0 aliphatic heterocycles. The molecule has 0 fully saturated rings. The van der Waals surface area contributed by atoms with Crippen molar-refractivity contribution in [3.63, 3.8) is 0 Å². The van der Waals surface area contributed by atoms with Gasteiger partial charge in [0, 0.05) is 0 Å². The average Bonchev–Trinajstić information content (AvgIpc) is 1.61. The maximum absolute atomic E-state index is 9.64. The fourth-order valence-electron chi connectivity index (χ4n) is 0.214. The zero-order chi connectivity index (χ0) is 6.57. The average molecular weight is 203 g/mol. The number of rotatable bonds is 3. The van der Waals surface area contributed by atoms with Gasteiger partial charge < -0.3 is 10.2 Å². The van der Waals surface area contributed by atoms with Crippen LogP contribution in [0.15, 0.2) is 0 Å². The molecule has 0 unspecified atom stereocenters. The van der Waals surface area contributed by atoms with Gasteiger partial charge in [-0.05, 0) is 0 Å². The molecule has 0 radical (unpaired) electrons. The van der Waals surface area contributed by atoms with E-state index in [4.69, 9.17) is 10.2 Å². The molecule has 4 nitrogen and oxygen atoms in total. The molecule has 0 aliphatic carbocycles. The van der Waals surface area contributed by atoms with Crippen molar-refractivity contribution in [1.29, 1.82) is 0 Å². The molecule has 0 atom stereocenters. The molecule has 0 saturated carbocycles. The summed E-state index contributed by atoms with van der Waals surface area (Å²) in [6, 6.07) is 0. The van der Waals surface area contributed by atoms with Crippen LogP contribution >= 0.6 is 12.4 Å². The maximum atomic E-state index is 9.64. The third-order valence-electron chi connectivity index (χ3n) is 0.553. The summed E-state index contributed by atoms with van der Waals surface area (Å²) in [7, 11) is 0. The van der Waals surface area contributed by atoms with Gasteiger partial charge in [-0.15, -0.1) is 12.4 Å². The molecule has 0 amide bonds. The van der Waals surface area contributed by atoms with E-state index in [1.807, 2.05) is 0 Å². The van der Waals surface area contributed by atoms with Crippen molar-refractivity contribution in [3.8, 4) is 0 Å². The SMILES string of the molecule is Cl.O=C(O)CCC(=O)O.[NaH].[NaH]. The Hall–Kier alpha value is 1.23. The van der Waals surface area contributed by atoms with E-state index in [0.29, 0.717) is 0 Å². The van der Waals surface area contributed by atoms with E-state index in [-0.39, 0.29) is 84.4 Å². The van der Waals surface area contributed by atoms with Crippen molar-refractivity contribution in [2.75, 3.05) is 0 Å². The van der Waals surface area contributed by atoms with E-state index in [1.54, 1.807) is 0 Å². The standard InChI is InChI=1S/C4H6O4.ClH.2Na.2H/c5-3(6)1-2-4(7)8;;;;;/h1-2H2,(H,5,6)(H,7,8);1H;;;;. The Bertz CT molecular complexity index is 105. The van der Waals surface area contributed by atoms with Gasteiger partial charge in [0.1, 0.15) is 0 Å². The van der Waals surface area contributed by atoms with E-state index in [1.165, 1.54) is 0 Å². The van der Waals surface area contributed by atoms with E-state index in [9.17, 15) is 9.59 Å². The van der Waals surface area contributed by atoms with Crippen LogP contribution in [0.3, 0.4) is 0 Å². The molecule has 0 aliphatic rings. The minimum atomic E-state index is -1.08. The van der Waals surface area contributed by atoms with Gasteiger partial charge in [-0.3, -0.25) is 9.59 Å². The summed E-state index contributed by atoms with van der Waals surface area (Å²) in [6.07, 6.45) is -0.593. The first-order valence-corrected chi connectivity index (χ1v) is 2.06. The molecule has 11 heavy (non-hydrogen) atoms. The van der Waals surface area contributed by atoms with Gasteiger partial charge in [0.2, 0.25) is 0 Å². The Morgan fingerprint density at radius 2 is 1.09 bits per heavy atom. The Morgan fingerprint density at radius 1 is 0.909 bits per heavy atom. The fourth-order valence-corrected chi connectivity index (χ4v) is 0.214. The number of halogens is 1. The van der Waals surface area contributed by atoms with E-state index in [2.05, 4.69) is 0 Å². The summed E-state index contributed by atoms with van der Waals surface area (Å²) in [6.45, 7) is 0. The summed E-state index contributed by atoms with van der Waals surface area (Å²) >= 11 is 0. The molecular formula is C4H9ClNa2O4. The first-order chi connectivity index (χ1) is 3.63. The van der Waals surface area contributed by atoms with Crippen LogP contribution in [0.5, 0.6) is 0 Å². The van der Waals surface area contributed by atoms with Crippen molar-refractivity contribution < 1.29 is 19.8 Å². The van der Waals surface area contributed by atoms with Crippen LogP contribution in [0.1, 0.15) is 12.8 Å². The van der Waals surface area contributed by atoms with Crippen LogP contribution in [-0.4, -0.2) is 81.3 Å². The third-order valence-corrected chi connectivity index (χ3v) is 0.553. The van der Waals surface area contributed by atoms with Gasteiger partial charge in [0.05, 0.1) is 12.8 Å². The number of carboxylic acid groups (broad SMARTS) is 2. The molecule has 0 spiro atoms. The number of hydrogen-bond acceptors (Lipinski definition) is 2. The Labute approximate surface area is 115 Å². The summed E-state index contributed by atoms with van der Waals surface area (Å²) in [5.74, 6) is -2.15. The number of hydrogen-bond donors (Lipinski definition) is 2.